The van der Waals surface area contributed by atoms with Gasteiger partial charge in [-0.2, -0.15) is 0 Å². The lowest BCUT2D eigenvalue weighted by Crippen LogP contribution is -2.41. The molecule has 1 aliphatic heterocycles. The van der Waals surface area contributed by atoms with Gasteiger partial charge in [-0.1, -0.05) is 11.6 Å². The molecule has 1 fully saturated rings. The molecule has 1 saturated heterocycles. The molecule has 104 valence electrons. The number of carbonyl (C=O) groups excluding carboxylic acids is 1. The number of amides is 1. The standard InChI is InChI=1S/C14H19ClN2O2/c1-10(18)17-7-5-11(6-8-17)16-12-3-4-14(19-2)13(15)9-12/h3-4,9,11,16H,5-8H2,1-2H3. The molecule has 4 nitrogen and oxygen atoms in total. The zero-order chi connectivity index (χ0) is 13.8. The van der Waals surface area contributed by atoms with Gasteiger partial charge in [0.05, 0.1) is 12.1 Å². The van der Waals surface area contributed by atoms with E-state index < -0.39 is 0 Å². The van der Waals surface area contributed by atoms with Crippen LogP contribution in [-0.4, -0.2) is 37.0 Å². The van der Waals surface area contributed by atoms with Gasteiger partial charge in [0.25, 0.3) is 0 Å². The van der Waals surface area contributed by atoms with E-state index in [4.69, 9.17) is 16.3 Å². The van der Waals surface area contributed by atoms with E-state index in [1.807, 2.05) is 23.1 Å². The lowest BCUT2D eigenvalue weighted by atomic mass is 10.0. The Balaban J connectivity index is 1.92. The van der Waals surface area contributed by atoms with E-state index in [0.29, 0.717) is 16.8 Å². The molecular formula is C14H19ClN2O2. The van der Waals surface area contributed by atoms with Gasteiger partial charge in [0.1, 0.15) is 5.75 Å². The maximum Gasteiger partial charge on any atom is 0.219 e. The molecule has 1 aliphatic rings. The molecule has 19 heavy (non-hydrogen) atoms. The Hall–Kier alpha value is -1.42. The van der Waals surface area contributed by atoms with Crippen molar-refractivity contribution in [2.45, 2.75) is 25.8 Å². The minimum atomic E-state index is 0.158. The van der Waals surface area contributed by atoms with Crippen LogP contribution in [0.2, 0.25) is 5.02 Å². The maximum atomic E-state index is 11.3. The van der Waals surface area contributed by atoms with Crippen LogP contribution in [0.1, 0.15) is 19.8 Å². The summed E-state index contributed by atoms with van der Waals surface area (Å²) < 4.78 is 5.13. The van der Waals surface area contributed by atoms with Crippen molar-refractivity contribution in [1.82, 2.24) is 4.90 Å². The van der Waals surface area contributed by atoms with Gasteiger partial charge in [0.2, 0.25) is 5.91 Å². The molecular weight excluding hydrogens is 264 g/mol. The number of methoxy groups -OCH3 is 1. The van der Waals surface area contributed by atoms with Gasteiger partial charge in [-0.05, 0) is 31.0 Å². The summed E-state index contributed by atoms with van der Waals surface area (Å²) in [7, 11) is 1.60. The van der Waals surface area contributed by atoms with E-state index in [0.717, 1.165) is 31.6 Å². The van der Waals surface area contributed by atoms with Crippen LogP contribution in [0.25, 0.3) is 0 Å². The third-order valence-corrected chi connectivity index (χ3v) is 3.76. The predicted octanol–water partition coefficient (Wildman–Crippen LogP) is 2.77. The van der Waals surface area contributed by atoms with Gasteiger partial charge in [0, 0.05) is 31.7 Å². The minimum absolute atomic E-state index is 0.158. The molecule has 0 aromatic heterocycles. The Morgan fingerprint density at radius 1 is 1.42 bits per heavy atom. The number of rotatable bonds is 3. The van der Waals surface area contributed by atoms with Crippen molar-refractivity contribution in [3.63, 3.8) is 0 Å². The van der Waals surface area contributed by atoms with Gasteiger partial charge in [-0.15, -0.1) is 0 Å². The highest BCUT2D eigenvalue weighted by Crippen LogP contribution is 2.28. The van der Waals surface area contributed by atoms with E-state index >= 15 is 0 Å². The smallest absolute Gasteiger partial charge is 0.219 e. The highest BCUT2D eigenvalue weighted by molar-refractivity contribution is 6.32. The van der Waals surface area contributed by atoms with E-state index in [-0.39, 0.29) is 5.91 Å². The molecule has 0 radical (unpaired) electrons. The third-order valence-electron chi connectivity index (χ3n) is 3.46. The number of halogens is 1. The second-order valence-corrected chi connectivity index (χ2v) is 5.18. The Kier molecular flexibility index (Phi) is 4.53. The van der Waals surface area contributed by atoms with Crippen molar-refractivity contribution < 1.29 is 9.53 Å². The lowest BCUT2D eigenvalue weighted by molar-refractivity contribution is -0.129. The van der Waals surface area contributed by atoms with Crippen LogP contribution < -0.4 is 10.1 Å². The molecule has 0 bridgehead atoms. The predicted molar refractivity (Wildman–Crippen MR) is 76.9 cm³/mol. The summed E-state index contributed by atoms with van der Waals surface area (Å²) in [6.07, 6.45) is 1.92. The van der Waals surface area contributed by atoms with Crippen molar-refractivity contribution in [1.29, 1.82) is 0 Å². The van der Waals surface area contributed by atoms with Gasteiger partial charge >= 0.3 is 0 Å². The first-order valence-corrected chi connectivity index (χ1v) is 6.83. The highest BCUT2D eigenvalue weighted by Gasteiger charge is 2.20. The number of hydrogen-bond acceptors (Lipinski definition) is 3. The van der Waals surface area contributed by atoms with Crippen LogP contribution in [0.3, 0.4) is 0 Å². The number of ether oxygens (including phenoxy) is 1. The zero-order valence-electron chi connectivity index (χ0n) is 11.3. The first kappa shape index (κ1) is 14.0. The van der Waals surface area contributed by atoms with E-state index in [1.165, 1.54) is 0 Å². The maximum absolute atomic E-state index is 11.3. The average molecular weight is 283 g/mol. The quantitative estimate of drug-likeness (QED) is 0.927. The highest BCUT2D eigenvalue weighted by atomic mass is 35.5. The summed E-state index contributed by atoms with van der Waals surface area (Å²) in [5.41, 5.74) is 0.993. The summed E-state index contributed by atoms with van der Waals surface area (Å²) in [6, 6.07) is 6.08. The number of benzene rings is 1. The number of hydrogen-bond donors (Lipinski definition) is 1. The summed E-state index contributed by atoms with van der Waals surface area (Å²) >= 11 is 6.09. The molecule has 1 aromatic carbocycles. The fourth-order valence-corrected chi connectivity index (χ4v) is 2.59. The Labute approximate surface area is 118 Å². The number of carbonyl (C=O) groups is 1. The zero-order valence-corrected chi connectivity index (χ0v) is 12.0. The second kappa shape index (κ2) is 6.15. The number of piperidine rings is 1. The molecule has 1 aromatic rings. The van der Waals surface area contributed by atoms with Crippen molar-refractivity contribution in [3.05, 3.63) is 23.2 Å². The normalized spacial score (nSPS) is 16.3. The summed E-state index contributed by atoms with van der Waals surface area (Å²) in [6.45, 7) is 3.25. The fourth-order valence-electron chi connectivity index (χ4n) is 2.33. The molecule has 0 atom stereocenters. The number of nitrogens with zero attached hydrogens (tertiary/aromatic N) is 1. The fraction of sp³-hybridized carbons (Fsp3) is 0.500. The molecule has 5 heteroatoms. The average Bonchev–Trinajstić information content (AvgIpc) is 2.39. The molecule has 1 heterocycles. The number of nitrogens with one attached hydrogen (secondary N) is 1. The third kappa shape index (κ3) is 3.53. The van der Waals surface area contributed by atoms with Crippen molar-refractivity contribution in [3.8, 4) is 5.75 Å². The largest absolute Gasteiger partial charge is 0.495 e. The Morgan fingerprint density at radius 3 is 2.63 bits per heavy atom. The van der Waals surface area contributed by atoms with Crippen LogP contribution in [0, 0.1) is 0 Å². The molecule has 0 saturated carbocycles. The first-order valence-electron chi connectivity index (χ1n) is 6.45. The van der Waals surface area contributed by atoms with Crippen LogP contribution in [0.5, 0.6) is 5.75 Å². The van der Waals surface area contributed by atoms with Crippen LogP contribution in [0.15, 0.2) is 18.2 Å². The summed E-state index contributed by atoms with van der Waals surface area (Å²) in [5, 5.41) is 4.06. The monoisotopic (exact) mass is 282 g/mol. The van der Waals surface area contributed by atoms with Crippen LogP contribution in [-0.2, 0) is 4.79 Å². The molecule has 0 spiro atoms. The van der Waals surface area contributed by atoms with E-state index in [1.54, 1.807) is 14.0 Å². The Bertz CT molecular complexity index is 457. The lowest BCUT2D eigenvalue weighted by Gasteiger charge is -2.32. The topological polar surface area (TPSA) is 41.6 Å². The molecule has 1 amide bonds. The minimum Gasteiger partial charge on any atom is -0.495 e. The SMILES string of the molecule is COc1ccc(NC2CCN(C(C)=O)CC2)cc1Cl. The van der Waals surface area contributed by atoms with Gasteiger partial charge < -0.3 is 15.0 Å². The number of anilines is 1. The van der Waals surface area contributed by atoms with Crippen LogP contribution >= 0.6 is 11.6 Å². The Morgan fingerprint density at radius 2 is 2.11 bits per heavy atom. The first-order chi connectivity index (χ1) is 9.10. The summed E-state index contributed by atoms with van der Waals surface area (Å²) in [4.78, 5) is 13.1. The van der Waals surface area contributed by atoms with E-state index in [2.05, 4.69) is 5.32 Å². The van der Waals surface area contributed by atoms with Crippen molar-refractivity contribution in [2.75, 3.05) is 25.5 Å². The van der Waals surface area contributed by atoms with Gasteiger partial charge in [-0.25, -0.2) is 0 Å². The second-order valence-electron chi connectivity index (χ2n) is 4.77. The summed E-state index contributed by atoms with van der Waals surface area (Å²) in [5.74, 6) is 0.838. The van der Waals surface area contributed by atoms with Crippen molar-refractivity contribution in [2.24, 2.45) is 0 Å². The molecule has 0 aliphatic carbocycles. The van der Waals surface area contributed by atoms with Crippen LogP contribution in [0.4, 0.5) is 5.69 Å². The van der Waals surface area contributed by atoms with Crippen molar-refractivity contribution >= 4 is 23.2 Å². The number of likely N-dealkylation sites (tertiary alicyclic amines) is 1. The van der Waals surface area contributed by atoms with Gasteiger partial charge in [-0.3, -0.25) is 4.79 Å². The van der Waals surface area contributed by atoms with Gasteiger partial charge in [0.15, 0.2) is 0 Å². The molecule has 0 unspecified atom stereocenters. The molecule has 1 N–H and O–H groups in total. The molecule has 2 rings (SSSR count). The van der Waals surface area contributed by atoms with E-state index in [9.17, 15) is 4.79 Å².